The molecule has 0 bridgehead atoms. The van der Waals surface area contributed by atoms with Crippen LogP contribution in [0.1, 0.15) is 336 Å². The SMILES string of the molecule is CCCCC/C=C\C/C=C\CCCCCCCC(=O)Oc1cc(OC=O)c2c(=O)c(OC(=O)CCCCCCC/C=C\C/C=C\CCCCC)c(-c3ccc(OC(=O)CCCCCCC/C=C\C/C=C\CCCCC)c(OC(=O)CCCCCCC/C=C\C/C=C\CCCCC)c3)oc2c1. The fourth-order valence-electron chi connectivity index (χ4n) is 11.6. The number of carbonyl (C=O) groups excluding carboxylic acids is 5. The number of benzene rings is 2. The standard InChI is InChI=1S/C88H130O12/c1-5-9-13-17-21-25-29-33-37-41-45-49-53-57-61-65-81(90)96-76-72-79(95-74-89)85-80(73-76)99-87(88(86(85)94)100-84(93)68-64-60-56-52-48-44-40-36-32-28-24-20-16-12-8-4)75-69-70-77(97-82(91)66-62-58-54-50-46-42-38-34-30-26-22-18-14-10-6-2)78(71-75)98-83(92)67-63-59-55-51-47-43-39-35-31-27-23-19-15-11-7-3/h21-28,33-40,69-74H,5-20,29-32,41-68H2,1-4H3/b25-21-,26-22-,27-23-,28-24-,37-33-,38-34-,39-35-,40-36-. The Morgan fingerprint density at radius 3 is 1.02 bits per heavy atom. The molecule has 2 aromatic carbocycles. The van der Waals surface area contributed by atoms with E-state index >= 15 is 0 Å². The molecule has 554 valence electrons. The molecule has 0 radical (unpaired) electrons. The van der Waals surface area contributed by atoms with E-state index in [4.69, 9.17) is 28.1 Å². The summed E-state index contributed by atoms with van der Waals surface area (Å²) in [4.78, 5) is 81.6. The lowest BCUT2D eigenvalue weighted by atomic mass is 10.1. The Morgan fingerprint density at radius 2 is 0.660 bits per heavy atom. The third kappa shape index (κ3) is 44.2. The van der Waals surface area contributed by atoms with Gasteiger partial charge in [-0.25, -0.2) is 0 Å². The van der Waals surface area contributed by atoms with Crippen molar-refractivity contribution in [3.8, 4) is 40.1 Å². The van der Waals surface area contributed by atoms with E-state index in [1.54, 1.807) is 0 Å². The minimum Gasteiger partial charge on any atom is -0.452 e. The van der Waals surface area contributed by atoms with Gasteiger partial charge in [0.2, 0.25) is 11.2 Å². The zero-order valence-corrected chi connectivity index (χ0v) is 62.5. The molecule has 1 heterocycles. The number of hydrogen-bond acceptors (Lipinski definition) is 12. The number of carbonyl (C=O) groups is 5. The molecule has 0 amide bonds. The second kappa shape index (κ2) is 61.8. The van der Waals surface area contributed by atoms with Gasteiger partial charge >= 0.3 is 23.9 Å². The lowest BCUT2D eigenvalue weighted by Crippen LogP contribution is -2.17. The normalized spacial score (nSPS) is 12.0. The van der Waals surface area contributed by atoms with Crippen LogP contribution in [0, 0.1) is 0 Å². The van der Waals surface area contributed by atoms with Gasteiger partial charge in [0.1, 0.15) is 22.5 Å². The summed E-state index contributed by atoms with van der Waals surface area (Å²) in [5.74, 6) is -3.35. The quantitative estimate of drug-likeness (QED) is 0.0173. The smallest absolute Gasteiger partial charge is 0.311 e. The number of esters is 4. The van der Waals surface area contributed by atoms with E-state index in [0.29, 0.717) is 25.7 Å². The Balaban J connectivity index is 1.86. The molecule has 12 nitrogen and oxygen atoms in total. The number of ether oxygens (including phenoxy) is 5. The molecule has 100 heavy (non-hydrogen) atoms. The third-order valence-electron chi connectivity index (χ3n) is 17.5. The molecular weight excluding hydrogens is 1250 g/mol. The minimum atomic E-state index is -0.836. The van der Waals surface area contributed by atoms with Crippen LogP contribution >= 0.6 is 0 Å². The van der Waals surface area contributed by atoms with Gasteiger partial charge in [-0.3, -0.25) is 28.8 Å². The van der Waals surface area contributed by atoms with E-state index in [1.807, 2.05) is 0 Å². The number of hydrogen-bond donors (Lipinski definition) is 0. The maximum absolute atomic E-state index is 14.9. The topological polar surface area (TPSA) is 162 Å². The van der Waals surface area contributed by atoms with Gasteiger partial charge in [-0.1, -0.05) is 253 Å². The van der Waals surface area contributed by atoms with Crippen molar-refractivity contribution in [3.05, 3.63) is 138 Å². The van der Waals surface area contributed by atoms with Crippen LogP contribution in [0.5, 0.6) is 28.7 Å². The van der Waals surface area contributed by atoms with E-state index < -0.39 is 35.1 Å². The second-order valence-electron chi connectivity index (χ2n) is 26.6. The number of rotatable bonds is 63. The van der Waals surface area contributed by atoms with Crippen molar-refractivity contribution in [2.24, 2.45) is 0 Å². The Hall–Kier alpha value is -7.08. The summed E-state index contributed by atoms with van der Waals surface area (Å²) < 4.78 is 35.7. The van der Waals surface area contributed by atoms with Crippen molar-refractivity contribution < 1.29 is 52.1 Å². The van der Waals surface area contributed by atoms with Gasteiger partial charge < -0.3 is 28.1 Å². The number of allylic oxidation sites excluding steroid dienone is 16. The molecule has 0 spiro atoms. The van der Waals surface area contributed by atoms with E-state index in [2.05, 4.69) is 125 Å². The van der Waals surface area contributed by atoms with E-state index in [0.717, 1.165) is 180 Å². The molecule has 0 saturated carbocycles. The molecule has 12 heteroatoms. The Labute approximate surface area is 604 Å². The highest BCUT2D eigenvalue weighted by Gasteiger charge is 2.26. The molecule has 0 aliphatic rings. The van der Waals surface area contributed by atoms with E-state index in [9.17, 15) is 28.8 Å². The predicted molar refractivity (Wildman–Crippen MR) is 415 cm³/mol. The summed E-state index contributed by atoms with van der Waals surface area (Å²) in [5, 5.41) is -0.230. The molecule has 0 aliphatic carbocycles. The fourth-order valence-corrected chi connectivity index (χ4v) is 11.6. The lowest BCUT2D eigenvalue weighted by Gasteiger charge is -2.15. The van der Waals surface area contributed by atoms with Crippen LogP contribution in [0.25, 0.3) is 22.3 Å². The molecule has 3 aromatic rings. The molecule has 0 atom stereocenters. The molecule has 0 fully saturated rings. The highest BCUT2D eigenvalue weighted by Crippen LogP contribution is 2.40. The van der Waals surface area contributed by atoms with Crippen LogP contribution in [0.2, 0.25) is 0 Å². The summed E-state index contributed by atoms with van der Waals surface area (Å²) in [5.41, 5.74) is -0.827. The van der Waals surface area contributed by atoms with Gasteiger partial charge in [0.25, 0.3) is 6.47 Å². The van der Waals surface area contributed by atoms with Crippen LogP contribution in [0.3, 0.4) is 0 Å². The zero-order valence-electron chi connectivity index (χ0n) is 62.5. The van der Waals surface area contributed by atoms with Gasteiger partial charge in [-0.15, -0.1) is 0 Å². The first-order chi connectivity index (χ1) is 49.1. The summed E-state index contributed by atoms with van der Waals surface area (Å²) >= 11 is 0. The Bertz CT molecular complexity index is 2980. The van der Waals surface area contributed by atoms with Crippen LogP contribution in [0.4, 0.5) is 0 Å². The minimum absolute atomic E-state index is 0.00331. The van der Waals surface area contributed by atoms with Crippen molar-refractivity contribution in [3.63, 3.8) is 0 Å². The van der Waals surface area contributed by atoms with Gasteiger partial charge in [0.05, 0.1) is 0 Å². The van der Waals surface area contributed by atoms with Crippen LogP contribution in [-0.4, -0.2) is 30.3 Å². The van der Waals surface area contributed by atoms with Crippen molar-refractivity contribution in [2.75, 3.05) is 0 Å². The first-order valence-electron chi connectivity index (χ1n) is 39.6. The van der Waals surface area contributed by atoms with Crippen molar-refractivity contribution in [1.29, 1.82) is 0 Å². The first-order valence-corrected chi connectivity index (χ1v) is 39.6. The van der Waals surface area contributed by atoms with Crippen molar-refractivity contribution in [1.82, 2.24) is 0 Å². The van der Waals surface area contributed by atoms with Gasteiger partial charge in [-0.2, -0.15) is 0 Å². The molecule has 0 N–H and O–H groups in total. The van der Waals surface area contributed by atoms with Crippen molar-refractivity contribution in [2.45, 2.75) is 336 Å². The largest absolute Gasteiger partial charge is 0.452 e. The van der Waals surface area contributed by atoms with E-state index in [-0.39, 0.29) is 77.4 Å². The first kappa shape index (κ1) is 87.1. The van der Waals surface area contributed by atoms with Gasteiger partial charge in [0, 0.05) is 43.4 Å². The summed E-state index contributed by atoms with van der Waals surface area (Å²) in [6.45, 7) is 9.03. The summed E-state index contributed by atoms with van der Waals surface area (Å²) in [7, 11) is 0. The van der Waals surface area contributed by atoms with Gasteiger partial charge in [0.15, 0.2) is 17.3 Å². The highest BCUT2D eigenvalue weighted by atomic mass is 16.6. The van der Waals surface area contributed by atoms with Crippen LogP contribution < -0.4 is 29.1 Å². The molecule has 0 aliphatic heterocycles. The highest BCUT2D eigenvalue weighted by molar-refractivity contribution is 5.91. The maximum Gasteiger partial charge on any atom is 0.311 e. The monoisotopic (exact) mass is 1380 g/mol. The average molecular weight is 1380 g/mol. The Morgan fingerprint density at radius 1 is 0.340 bits per heavy atom. The fraction of sp³-hybridized carbons (Fsp3) is 0.591. The van der Waals surface area contributed by atoms with E-state index in [1.165, 1.54) is 107 Å². The molecule has 3 rings (SSSR count). The molecular formula is C88H130O12. The number of fused-ring (bicyclic) bond motifs is 1. The number of unbranched alkanes of at least 4 members (excludes halogenated alkanes) is 32. The Kier molecular flexibility index (Phi) is 53.8. The van der Waals surface area contributed by atoms with Crippen LogP contribution in [0.15, 0.2) is 137 Å². The van der Waals surface area contributed by atoms with Gasteiger partial charge in [-0.05, 0) is 172 Å². The molecule has 1 aromatic heterocycles. The average Bonchev–Trinajstić information content (AvgIpc) is 0.757. The summed E-state index contributed by atoms with van der Waals surface area (Å²) in [6.07, 6.45) is 81.4. The zero-order chi connectivity index (χ0) is 71.8. The summed E-state index contributed by atoms with van der Waals surface area (Å²) in [6, 6.07) is 7.04. The second-order valence-corrected chi connectivity index (χ2v) is 26.6. The molecule has 0 saturated heterocycles. The predicted octanol–water partition coefficient (Wildman–Crippen LogP) is 25.9. The van der Waals surface area contributed by atoms with Crippen LogP contribution in [-0.2, 0) is 24.0 Å². The third-order valence-corrected chi connectivity index (χ3v) is 17.5. The lowest BCUT2D eigenvalue weighted by molar-refractivity contribution is -0.137. The maximum atomic E-state index is 14.9. The van der Waals surface area contributed by atoms with Crippen molar-refractivity contribution >= 4 is 41.3 Å². The molecule has 0 unspecified atom stereocenters.